The Kier molecular flexibility index (Phi) is 2.71. The minimum Gasteiger partial charge on any atom is -0.317 e. The number of nitrogens with one attached hydrogen (secondary N) is 1. The van der Waals surface area contributed by atoms with Gasteiger partial charge in [0.25, 0.3) is 0 Å². The third kappa shape index (κ3) is 1.97. The zero-order valence-corrected chi connectivity index (χ0v) is 5.72. The molecule has 0 atom stereocenters. The molecule has 1 fully saturated rings. The number of hydrogen-bond acceptors (Lipinski definition) is 1. The molecule has 0 saturated heterocycles. The minimum atomic E-state index is -0.811. The molecule has 1 aliphatic rings. The number of alkyl halides is 1. The van der Waals surface area contributed by atoms with Gasteiger partial charge < -0.3 is 5.32 Å². The van der Waals surface area contributed by atoms with Crippen molar-refractivity contribution in [1.82, 2.24) is 5.32 Å². The van der Waals surface area contributed by atoms with Crippen molar-refractivity contribution in [3.63, 3.8) is 0 Å². The molecule has 0 aromatic heterocycles. The van der Waals surface area contributed by atoms with Gasteiger partial charge in [0, 0.05) is 6.54 Å². The highest BCUT2D eigenvalue weighted by Crippen LogP contribution is 2.38. The van der Waals surface area contributed by atoms with Gasteiger partial charge in [0.15, 0.2) is 0 Å². The third-order valence-corrected chi connectivity index (χ3v) is 1.29. The van der Waals surface area contributed by atoms with Gasteiger partial charge in [0.05, 0.1) is 0 Å². The zero-order valence-electron chi connectivity index (χ0n) is 4.91. The molecular formula is C5H11ClFN. The van der Waals surface area contributed by atoms with E-state index in [1.165, 1.54) is 0 Å². The summed E-state index contributed by atoms with van der Waals surface area (Å²) in [7, 11) is 1.78. The van der Waals surface area contributed by atoms with Crippen molar-refractivity contribution >= 4 is 12.4 Å². The van der Waals surface area contributed by atoms with Crippen molar-refractivity contribution in [3.05, 3.63) is 0 Å². The van der Waals surface area contributed by atoms with Crippen molar-refractivity contribution in [2.75, 3.05) is 13.6 Å². The quantitative estimate of drug-likeness (QED) is 0.605. The molecule has 0 bridgehead atoms. The molecule has 0 heterocycles. The standard InChI is InChI=1S/C5H10FN.ClH/c1-7-4-5(6)2-3-5;/h7H,2-4H2,1H3;1H. The van der Waals surface area contributed by atoms with Crippen molar-refractivity contribution in [3.8, 4) is 0 Å². The van der Waals surface area contributed by atoms with Gasteiger partial charge in [-0.3, -0.25) is 0 Å². The monoisotopic (exact) mass is 139 g/mol. The summed E-state index contributed by atoms with van der Waals surface area (Å²) in [4.78, 5) is 0. The van der Waals surface area contributed by atoms with Crippen LogP contribution in [0, 0.1) is 0 Å². The fraction of sp³-hybridized carbons (Fsp3) is 1.00. The zero-order chi connectivity index (χ0) is 5.33. The Hall–Kier alpha value is 0.180. The molecule has 0 amide bonds. The first-order valence-corrected chi connectivity index (χ1v) is 2.60. The fourth-order valence-electron chi connectivity index (χ4n) is 0.629. The molecule has 1 N–H and O–H groups in total. The highest BCUT2D eigenvalue weighted by atomic mass is 35.5. The molecule has 0 aromatic rings. The van der Waals surface area contributed by atoms with E-state index in [1.54, 1.807) is 7.05 Å². The van der Waals surface area contributed by atoms with Gasteiger partial charge in [-0.15, -0.1) is 12.4 Å². The van der Waals surface area contributed by atoms with Gasteiger partial charge in [0.2, 0.25) is 0 Å². The van der Waals surface area contributed by atoms with Crippen molar-refractivity contribution < 1.29 is 4.39 Å². The first kappa shape index (κ1) is 8.18. The van der Waals surface area contributed by atoms with Crippen LogP contribution in [0.15, 0.2) is 0 Å². The highest BCUT2D eigenvalue weighted by molar-refractivity contribution is 5.85. The summed E-state index contributed by atoms with van der Waals surface area (Å²) in [5.41, 5.74) is -0.811. The van der Waals surface area contributed by atoms with Crippen LogP contribution in [0.1, 0.15) is 12.8 Å². The topological polar surface area (TPSA) is 12.0 Å². The molecule has 1 nitrogen and oxygen atoms in total. The van der Waals surface area contributed by atoms with Gasteiger partial charge in [-0.25, -0.2) is 4.39 Å². The van der Waals surface area contributed by atoms with Crippen LogP contribution in [0.5, 0.6) is 0 Å². The molecule has 0 aliphatic heterocycles. The van der Waals surface area contributed by atoms with Crippen LogP contribution < -0.4 is 5.32 Å². The molecule has 8 heavy (non-hydrogen) atoms. The van der Waals surface area contributed by atoms with E-state index in [0.29, 0.717) is 6.54 Å². The Bertz CT molecular complexity index is 72.8. The summed E-state index contributed by atoms with van der Waals surface area (Å²) in [6.07, 6.45) is 1.52. The van der Waals surface area contributed by atoms with Crippen molar-refractivity contribution in [2.24, 2.45) is 0 Å². The van der Waals surface area contributed by atoms with Crippen LogP contribution in [-0.2, 0) is 0 Å². The van der Waals surface area contributed by atoms with Crippen LogP contribution >= 0.6 is 12.4 Å². The average molecular weight is 140 g/mol. The second-order valence-corrected chi connectivity index (χ2v) is 2.18. The largest absolute Gasteiger partial charge is 0.317 e. The normalized spacial score (nSPS) is 21.8. The molecule has 0 spiro atoms. The van der Waals surface area contributed by atoms with Gasteiger partial charge in [0.1, 0.15) is 5.67 Å². The van der Waals surface area contributed by atoms with E-state index >= 15 is 0 Å². The maximum Gasteiger partial charge on any atom is 0.123 e. The van der Waals surface area contributed by atoms with Gasteiger partial charge in [-0.05, 0) is 19.9 Å². The van der Waals surface area contributed by atoms with Crippen molar-refractivity contribution in [1.29, 1.82) is 0 Å². The Morgan fingerprint density at radius 2 is 2.12 bits per heavy atom. The third-order valence-electron chi connectivity index (χ3n) is 1.29. The van der Waals surface area contributed by atoms with Crippen molar-refractivity contribution in [2.45, 2.75) is 18.5 Å². The number of halogens is 2. The second-order valence-electron chi connectivity index (χ2n) is 2.18. The van der Waals surface area contributed by atoms with E-state index in [4.69, 9.17) is 0 Å². The molecule has 0 radical (unpaired) electrons. The van der Waals surface area contributed by atoms with Crippen LogP contribution in [0.4, 0.5) is 4.39 Å². The molecule has 1 saturated carbocycles. The summed E-state index contributed by atoms with van der Waals surface area (Å²) < 4.78 is 12.4. The van der Waals surface area contributed by atoms with Crippen LogP contribution in [0.2, 0.25) is 0 Å². The van der Waals surface area contributed by atoms with E-state index in [2.05, 4.69) is 5.32 Å². The van der Waals surface area contributed by atoms with Crippen LogP contribution in [0.25, 0.3) is 0 Å². The van der Waals surface area contributed by atoms with E-state index in [9.17, 15) is 4.39 Å². The predicted molar refractivity (Wildman–Crippen MR) is 34.2 cm³/mol. The van der Waals surface area contributed by atoms with Gasteiger partial charge >= 0.3 is 0 Å². The SMILES string of the molecule is CNCC1(F)CC1.Cl. The average Bonchev–Trinajstić information content (AvgIpc) is 2.22. The second kappa shape index (κ2) is 2.65. The summed E-state index contributed by atoms with van der Waals surface area (Å²) in [6, 6.07) is 0. The lowest BCUT2D eigenvalue weighted by Crippen LogP contribution is -2.20. The molecule has 50 valence electrons. The predicted octanol–water partition coefficient (Wildman–Crippen LogP) is 1.13. The van der Waals surface area contributed by atoms with E-state index < -0.39 is 5.67 Å². The summed E-state index contributed by atoms with van der Waals surface area (Å²) >= 11 is 0. The number of rotatable bonds is 2. The van der Waals surface area contributed by atoms with Crippen LogP contribution in [-0.4, -0.2) is 19.3 Å². The molecule has 1 aliphatic carbocycles. The molecule has 3 heteroatoms. The first-order chi connectivity index (χ1) is 3.27. The summed E-state index contributed by atoms with van der Waals surface area (Å²) in [5.74, 6) is 0. The van der Waals surface area contributed by atoms with Crippen LogP contribution in [0.3, 0.4) is 0 Å². The van der Waals surface area contributed by atoms with Gasteiger partial charge in [-0.1, -0.05) is 0 Å². The Balaban J connectivity index is 0.000000490. The Morgan fingerprint density at radius 1 is 1.62 bits per heavy atom. The fourth-order valence-corrected chi connectivity index (χ4v) is 0.629. The lowest BCUT2D eigenvalue weighted by atomic mass is 10.4. The molecule has 0 aromatic carbocycles. The van der Waals surface area contributed by atoms with E-state index in [1.807, 2.05) is 0 Å². The first-order valence-electron chi connectivity index (χ1n) is 2.60. The summed E-state index contributed by atoms with van der Waals surface area (Å²) in [5, 5.41) is 2.80. The lowest BCUT2D eigenvalue weighted by Gasteiger charge is -1.99. The minimum absolute atomic E-state index is 0. The maximum absolute atomic E-state index is 12.4. The van der Waals surface area contributed by atoms with E-state index in [-0.39, 0.29) is 12.4 Å². The highest BCUT2D eigenvalue weighted by Gasteiger charge is 2.41. The molecule has 0 unspecified atom stereocenters. The molecule has 1 rings (SSSR count). The number of hydrogen-bond donors (Lipinski definition) is 1. The van der Waals surface area contributed by atoms with Gasteiger partial charge in [-0.2, -0.15) is 0 Å². The smallest absolute Gasteiger partial charge is 0.123 e. The molecular weight excluding hydrogens is 129 g/mol. The Morgan fingerprint density at radius 3 is 2.25 bits per heavy atom. The Labute approximate surface area is 55.1 Å². The van der Waals surface area contributed by atoms with E-state index in [0.717, 1.165) is 12.8 Å². The maximum atomic E-state index is 12.4. The summed E-state index contributed by atoms with van der Waals surface area (Å²) in [6.45, 7) is 0.535. The lowest BCUT2D eigenvalue weighted by molar-refractivity contribution is 0.302.